The first-order valence-electron chi connectivity index (χ1n) is 3.68. The second-order valence-electron chi connectivity index (χ2n) is 2.63. The van der Waals surface area contributed by atoms with E-state index in [1.165, 1.54) is 12.8 Å². The summed E-state index contributed by atoms with van der Waals surface area (Å²) < 4.78 is 4.50. The topological polar surface area (TPSA) is 71.5 Å². The fourth-order valence-electron chi connectivity index (χ4n) is 0.775. The normalized spacial score (nSPS) is 17.8. The number of hydrogen-bond acceptors (Lipinski definition) is 6. The third-order valence-corrected chi connectivity index (χ3v) is 3.09. The van der Waals surface area contributed by atoms with Crippen molar-refractivity contribution in [3.63, 3.8) is 0 Å². The van der Waals surface area contributed by atoms with Crippen molar-refractivity contribution in [3.8, 4) is 0 Å². The highest BCUT2D eigenvalue weighted by molar-refractivity contribution is 8.00. The van der Waals surface area contributed by atoms with Crippen LogP contribution < -0.4 is 0 Å². The Morgan fingerprint density at radius 1 is 1.62 bits per heavy atom. The van der Waals surface area contributed by atoms with Crippen molar-refractivity contribution in [1.29, 1.82) is 0 Å². The quantitative estimate of drug-likeness (QED) is 0.476. The Labute approximate surface area is 83.1 Å². The maximum Gasteiger partial charge on any atom is 0.200 e. The van der Waals surface area contributed by atoms with E-state index in [0.717, 1.165) is 0 Å². The molecular weight excluding hydrogens is 214 g/mol. The van der Waals surface area contributed by atoms with Crippen LogP contribution >= 0.6 is 23.4 Å². The lowest BCUT2D eigenvalue weighted by Gasteiger charge is -1.92. The smallest absolute Gasteiger partial charge is 0.200 e. The number of halogens is 1. The molecule has 1 aromatic rings. The monoisotopic (exact) mass is 219 g/mol. The molecule has 1 N–H and O–H groups in total. The van der Waals surface area contributed by atoms with Gasteiger partial charge in [-0.1, -0.05) is 28.5 Å². The van der Waals surface area contributed by atoms with Gasteiger partial charge in [0.1, 0.15) is 0 Å². The SMILES string of the molecule is O/N=C(\Cl)c1nonc1SC1CC1. The van der Waals surface area contributed by atoms with Gasteiger partial charge in [0.25, 0.3) is 0 Å². The van der Waals surface area contributed by atoms with Crippen LogP contribution in [0.15, 0.2) is 14.8 Å². The van der Waals surface area contributed by atoms with Crippen molar-refractivity contribution in [2.45, 2.75) is 23.1 Å². The van der Waals surface area contributed by atoms with Gasteiger partial charge in [-0.2, -0.15) is 0 Å². The van der Waals surface area contributed by atoms with E-state index in [2.05, 4.69) is 20.1 Å². The molecule has 1 aromatic heterocycles. The van der Waals surface area contributed by atoms with E-state index < -0.39 is 0 Å². The molecule has 0 aliphatic heterocycles. The fraction of sp³-hybridized carbons (Fsp3) is 0.500. The van der Waals surface area contributed by atoms with Crippen LogP contribution in [0.3, 0.4) is 0 Å². The van der Waals surface area contributed by atoms with E-state index in [1.807, 2.05) is 0 Å². The van der Waals surface area contributed by atoms with Gasteiger partial charge in [-0.05, 0) is 23.2 Å². The summed E-state index contributed by atoms with van der Waals surface area (Å²) in [5.74, 6) is 0. The lowest BCUT2D eigenvalue weighted by atomic mass is 10.5. The molecule has 5 nitrogen and oxygen atoms in total. The summed E-state index contributed by atoms with van der Waals surface area (Å²) in [6, 6.07) is 0. The van der Waals surface area contributed by atoms with Gasteiger partial charge < -0.3 is 5.21 Å². The first kappa shape index (κ1) is 8.83. The minimum Gasteiger partial charge on any atom is -0.410 e. The molecule has 13 heavy (non-hydrogen) atoms. The van der Waals surface area contributed by atoms with Gasteiger partial charge in [0.15, 0.2) is 15.9 Å². The summed E-state index contributed by atoms with van der Waals surface area (Å²) in [6.07, 6.45) is 2.34. The Morgan fingerprint density at radius 2 is 2.38 bits per heavy atom. The van der Waals surface area contributed by atoms with Crippen LogP contribution in [0, 0.1) is 0 Å². The number of oxime groups is 1. The standard InChI is InChI=1S/C6H6ClN3O2S/c7-5(8-11)4-6(10-12-9-4)13-3-1-2-3/h3,11H,1-2H2/b8-5-. The van der Waals surface area contributed by atoms with Crippen molar-refractivity contribution in [3.05, 3.63) is 5.69 Å². The van der Waals surface area contributed by atoms with Gasteiger partial charge in [-0.25, -0.2) is 4.63 Å². The van der Waals surface area contributed by atoms with Crippen LogP contribution in [0.1, 0.15) is 18.5 Å². The maximum atomic E-state index is 8.42. The largest absolute Gasteiger partial charge is 0.410 e. The third-order valence-electron chi connectivity index (χ3n) is 1.54. The van der Waals surface area contributed by atoms with Crippen LogP contribution in [0.2, 0.25) is 0 Å². The summed E-state index contributed by atoms with van der Waals surface area (Å²) in [4.78, 5) is 0. The number of rotatable bonds is 3. The van der Waals surface area contributed by atoms with E-state index in [-0.39, 0.29) is 5.17 Å². The minimum absolute atomic E-state index is 0.0931. The van der Waals surface area contributed by atoms with E-state index in [1.54, 1.807) is 11.8 Å². The molecule has 0 atom stereocenters. The predicted octanol–water partition coefficient (Wildman–Crippen LogP) is 1.70. The second kappa shape index (κ2) is 3.55. The Balaban J connectivity index is 2.18. The molecule has 0 saturated heterocycles. The zero-order chi connectivity index (χ0) is 9.26. The number of nitrogens with zero attached hydrogens (tertiary/aromatic N) is 3. The van der Waals surface area contributed by atoms with Gasteiger partial charge in [0.05, 0.1) is 0 Å². The van der Waals surface area contributed by atoms with E-state index in [9.17, 15) is 0 Å². The number of aromatic nitrogens is 2. The highest BCUT2D eigenvalue weighted by Gasteiger charge is 2.27. The highest BCUT2D eigenvalue weighted by atomic mass is 35.5. The molecule has 2 rings (SSSR count). The predicted molar refractivity (Wildman–Crippen MR) is 47.4 cm³/mol. The van der Waals surface area contributed by atoms with E-state index >= 15 is 0 Å². The average Bonchev–Trinajstić information content (AvgIpc) is 2.82. The van der Waals surface area contributed by atoms with Crippen LogP contribution in [0.25, 0.3) is 0 Å². The lowest BCUT2D eigenvalue weighted by Crippen LogP contribution is -1.94. The van der Waals surface area contributed by atoms with Gasteiger partial charge in [0, 0.05) is 5.25 Å². The molecule has 70 valence electrons. The molecule has 1 aliphatic rings. The molecule has 1 heterocycles. The summed E-state index contributed by atoms with van der Waals surface area (Å²) in [7, 11) is 0. The second-order valence-corrected chi connectivity index (χ2v) is 4.27. The zero-order valence-electron chi connectivity index (χ0n) is 6.47. The van der Waals surface area contributed by atoms with Crippen LogP contribution in [0.5, 0.6) is 0 Å². The zero-order valence-corrected chi connectivity index (χ0v) is 8.05. The molecule has 0 amide bonds. The Morgan fingerprint density at radius 3 is 3.00 bits per heavy atom. The summed E-state index contributed by atoms with van der Waals surface area (Å²) in [5, 5.41) is 19.5. The average molecular weight is 220 g/mol. The van der Waals surface area contributed by atoms with E-state index in [0.29, 0.717) is 16.0 Å². The molecule has 1 fully saturated rings. The first-order chi connectivity index (χ1) is 6.31. The molecule has 0 unspecified atom stereocenters. The number of hydrogen-bond donors (Lipinski definition) is 1. The molecule has 7 heteroatoms. The van der Waals surface area contributed by atoms with Gasteiger partial charge >= 0.3 is 0 Å². The van der Waals surface area contributed by atoms with Crippen LogP contribution in [-0.2, 0) is 0 Å². The van der Waals surface area contributed by atoms with Crippen molar-refractivity contribution < 1.29 is 9.84 Å². The minimum atomic E-state index is -0.0931. The van der Waals surface area contributed by atoms with Gasteiger partial charge in [0.2, 0.25) is 0 Å². The molecule has 0 bridgehead atoms. The lowest BCUT2D eigenvalue weighted by molar-refractivity contribution is 0.297. The van der Waals surface area contributed by atoms with Gasteiger partial charge in [-0.3, -0.25) is 0 Å². The fourth-order valence-corrected chi connectivity index (χ4v) is 1.96. The maximum absolute atomic E-state index is 8.42. The molecule has 0 spiro atoms. The van der Waals surface area contributed by atoms with Crippen molar-refractivity contribution in [2.24, 2.45) is 5.16 Å². The van der Waals surface area contributed by atoms with Gasteiger partial charge in [-0.15, -0.1) is 0 Å². The molecule has 0 radical (unpaired) electrons. The molecule has 0 aromatic carbocycles. The Hall–Kier alpha value is -0.750. The highest BCUT2D eigenvalue weighted by Crippen LogP contribution is 2.39. The summed E-state index contributed by atoms with van der Waals surface area (Å²) >= 11 is 7.11. The van der Waals surface area contributed by atoms with Crippen molar-refractivity contribution >= 4 is 28.5 Å². The first-order valence-corrected chi connectivity index (χ1v) is 4.94. The number of thioether (sulfide) groups is 1. The Kier molecular flexibility index (Phi) is 2.41. The molecule has 1 saturated carbocycles. The summed E-state index contributed by atoms with van der Waals surface area (Å²) in [6.45, 7) is 0. The molecular formula is C6H6ClN3O2S. The van der Waals surface area contributed by atoms with Crippen LogP contribution in [-0.4, -0.2) is 25.9 Å². The Bertz CT molecular complexity index is 336. The summed E-state index contributed by atoms with van der Waals surface area (Å²) in [5.41, 5.74) is 0.307. The van der Waals surface area contributed by atoms with Crippen LogP contribution in [0.4, 0.5) is 0 Å². The van der Waals surface area contributed by atoms with Crippen molar-refractivity contribution in [1.82, 2.24) is 10.3 Å². The molecule has 1 aliphatic carbocycles. The third kappa shape index (κ3) is 1.94. The van der Waals surface area contributed by atoms with E-state index in [4.69, 9.17) is 16.8 Å². The van der Waals surface area contributed by atoms with Crippen molar-refractivity contribution in [2.75, 3.05) is 0 Å².